The third-order valence-electron chi connectivity index (χ3n) is 3.72. The van der Waals surface area contributed by atoms with Crippen LogP contribution in [0, 0.1) is 11.3 Å². The van der Waals surface area contributed by atoms with Crippen LogP contribution in [0.2, 0.25) is 0 Å². The predicted octanol–water partition coefficient (Wildman–Crippen LogP) is 2.10. The molecule has 0 radical (unpaired) electrons. The molecule has 1 aromatic heterocycles. The lowest BCUT2D eigenvalue weighted by molar-refractivity contribution is -0.121. The van der Waals surface area contributed by atoms with Gasteiger partial charge in [-0.3, -0.25) is 4.79 Å². The molecular weight excluding hydrogens is 346 g/mol. The van der Waals surface area contributed by atoms with Gasteiger partial charge in [0.25, 0.3) is 5.91 Å². The lowest BCUT2D eigenvalue weighted by Gasteiger charge is -2.08. The summed E-state index contributed by atoms with van der Waals surface area (Å²) >= 11 is 0. The molecule has 8 nitrogen and oxygen atoms in total. The van der Waals surface area contributed by atoms with Crippen LogP contribution in [0.5, 0.6) is 11.5 Å². The average molecular weight is 363 g/mol. The molecule has 0 atom stereocenters. The number of hydrazone groups is 1. The highest BCUT2D eigenvalue weighted by Gasteiger charge is 2.07. The molecule has 3 rings (SSSR count). The second-order valence-corrected chi connectivity index (χ2v) is 5.51. The van der Waals surface area contributed by atoms with E-state index in [9.17, 15) is 4.79 Å². The number of carbonyl (C=O) groups excluding carboxylic acids is 1. The van der Waals surface area contributed by atoms with E-state index in [4.69, 9.17) is 14.7 Å². The van der Waals surface area contributed by atoms with Crippen LogP contribution in [-0.4, -0.2) is 35.4 Å². The van der Waals surface area contributed by atoms with Crippen molar-refractivity contribution in [2.75, 3.05) is 13.7 Å². The standard InChI is InChI=1S/C19H17N5O3/c1-26-18-10-14(6-7-17(18)27-9-8-20)11-22-23-19(25)12-24-13-21-15-4-2-3-5-16(15)24/h2-7,10-11,13H,9,12H2,1H3,(H,23,25)/b22-11-. The van der Waals surface area contributed by atoms with Gasteiger partial charge in [-0.2, -0.15) is 10.4 Å². The number of nitrogens with one attached hydrogen (secondary N) is 1. The van der Waals surface area contributed by atoms with E-state index in [2.05, 4.69) is 15.5 Å². The van der Waals surface area contributed by atoms with Gasteiger partial charge in [0.05, 0.1) is 30.7 Å². The van der Waals surface area contributed by atoms with Gasteiger partial charge in [0.1, 0.15) is 12.6 Å². The van der Waals surface area contributed by atoms with Crippen LogP contribution < -0.4 is 14.9 Å². The number of ether oxygens (including phenoxy) is 2. The zero-order valence-corrected chi connectivity index (χ0v) is 14.6. The van der Waals surface area contributed by atoms with Gasteiger partial charge in [0.2, 0.25) is 0 Å². The molecule has 0 unspecified atom stereocenters. The molecule has 0 aliphatic rings. The number of fused-ring (bicyclic) bond motifs is 1. The molecule has 1 heterocycles. The lowest BCUT2D eigenvalue weighted by Crippen LogP contribution is -2.22. The van der Waals surface area contributed by atoms with E-state index in [0.717, 1.165) is 11.0 Å². The van der Waals surface area contributed by atoms with Gasteiger partial charge in [0.15, 0.2) is 18.1 Å². The number of hydrogen-bond acceptors (Lipinski definition) is 6. The Hall–Kier alpha value is -3.86. The minimum atomic E-state index is -0.268. The number of carbonyl (C=O) groups is 1. The number of hydrogen-bond donors (Lipinski definition) is 1. The SMILES string of the molecule is COc1cc(/C=N\NC(=O)Cn2cnc3ccccc32)ccc1OCC#N. The Labute approximate surface area is 155 Å². The van der Waals surface area contributed by atoms with E-state index >= 15 is 0 Å². The molecule has 0 spiro atoms. The van der Waals surface area contributed by atoms with Crippen molar-refractivity contribution in [3.63, 3.8) is 0 Å². The Morgan fingerprint density at radius 2 is 2.19 bits per heavy atom. The molecule has 3 aromatic rings. The van der Waals surface area contributed by atoms with Gasteiger partial charge < -0.3 is 14.0 Å². The summed E-state index contributed by atoms with van der Waals surface area (Å²) in [5, 5.41) is 12.5. The third kappa shape index (κ3) is 4.41. The van der Waals surface area contributed by atoms with Crippen molar-refractivity contribution in [3.05, 3.63) is 54.4 Å². The van der Waals surface area contributed by atoms with Crippen LogP contribution in [0.4, 0.5) is 0 Å². The first-order chi connectivity index (χ1) is 13.2. The Kier molecular flexibility index (Phi) is 5.64. The number of amides is 1. The van der Waals surface area contributed by atoms with Gasteiger partial charge in [-0.15, -0.1) is 0 Å². The number of benzene rings is 2. The number of methoxy groups -OCH3 is 1. The number of aromatic nitrogens is 2. The quantitative estimate of drug-likeness (QED) is 0.512. The molecule has 136 valence electrons. The molecule has 0 bridgehead atoms. The van der Waals surface area contributed by atoms with Crippen molar-refractivity contribution in [1.82, 2.24) is 15.0 Å². The minimum absolute atomic E-state index is 0.0667. The first-order valence-electron chi connectivity index (χ1n) is 8.11. The minimum Gasteiger partial charge on any atom is -0.493 e. The summed E-state index contributed by atoms with van der Waals surface area (Å²) in [6.07, 6.45) is 3.12. The Morgan fingerprint density at radius 1 is 1.33 bits per heavy atom. The second-order valence-electron chi connectivity index (χ2n) is 5.51. The summed E-state index contributed by atoms with van der Waals surface area (Å²) in [6, 6.07) is 14.6. The Bertz CT molecular complexity index is 1020. The molecule has 0 aliphatic heterocycles. The average Bonchev–Trinajstić information content (AvgIpc) is 3.09. The predicted molar refractivity (Wildman–Crippen MR) is 99.6 cm³/mol. The summed E-state index contributed by atoms with van der Waals surface area (Å²) in [5.74, 6) is 0.674. The molecule has 0 saturated heterocycles. The number of rotatable bonds is 7. The highest BCUT2D eigenvalue weighted by molar-refractivity contribution is 5.84. The van der Waals surface area contributed by atoms with Crippen LogP contribution in [0.3, 0.4) is 0 Å². The topological polar surface area (TPSA) is 102 Å². The first kappa shape index (κ1) is 17.9. The Morgan fingerprint density at radius 3 is 3.00 bits per heavy atom. The van der Waals surface area contributed by atoms with Crippen molar-refractivity contribution in [3.8, 4) is 17.6 Å². The summed E-state index contributed by atoms with van der Waals surface area (Å²) in [7, 11) is 1.51. The van der Waals surface area contributed by atoms with Crippen LogP contribution in [0.25, 0.3) is 11.0 Å². The van der Waals surface area contributed by atoms with Gasteiger partial charge in [-0.05, 0) is 35.9 Å². The normalized spacial score (nSPS) is 10.7. The van der Waals surface area contributed by atoms with Gasteiger partial charge in [-0.25, -0.2) is 10.4 Å². The second kappa shape index (κ2) is 8.49. The largest absolute Gasteiger partial charge is 0.493 e. The van der Waals surface area contributed by atoms with Crippen molar-refractivity contribution in [2.24, 2.45) is 5.10 Å². The molecule has 1 N–H and O–H groups in total. The summed E-state index contributed by atoms with van der Waals surface area (Å²) < 4.78 is 12.2. The zero-order valence-electron chi connectivity index (χ0n) is 14.6. The van der Waals surface area contributed by atoms with Crippen LogP contribution >= 0.6 is 0 Å². The molecule has 2 aromatic carbocycles. The maximum Gasteiger partial charge on any atom is 0.260 e. The van der Waals surface area contributed by atoms with Gasteiger partial charge in [-0.1, -0.05) is 12.1 Å². The van der Waals surface area contributed by atoms with Crippen LogP contribution in [0.1, 0.15) is 5.56 Å². The van der Waals surface area contributed by atoms with E-state index in [1.807, 2.05) is 30.3 Å². The van der Waals surface area contributed by atoms with E-state index in [-0.39, 0.29) is 19.1 Å². The number of nitriles is 1. The number of imidazole rings is 1. The molecule has 0 aliphatic carbocycles. The maximum absolute atomic E-state index is 12.1. The van der Waals surface area contributed by atoms with E-state index < -0.39 is 0 Å². The highest BCUT2D eigenvalue weighted by atomic mass is 16.5. The summed E-state index contributed by atoms with van der Waals surface area (Å²) in [6.45, 7) is 0.0465. The van der Waals surface area contributed by atoms with Crippen molar-refractivity contribution in [1.29, 1.82) is 5.26 Å². The first-order valence-corrected chi connectivity index (χ1v) is 8.11. The van der Waals surface area contributed by atoms with E-state index in [0.29, 0.717) is 17.1 Å². The van der Waals surface area contributed by atoms with Crippen molar-refractivity contribution in [2.45, 2.75) is 6.54 Å². The van der Waals surface area contributed by atoms with E-state index in [1.165, 1.54) is 13.3 Å². The fourth-order valence-electron chi connectivity index (χ4n) is 2.50. The summed E-state index contributed by atoms with van der Waals surface area (Å²) in [4.78, 5) is 16.3. The number of para-hydroxylation sites is 2. The Balaban J connectivity index is 1.61. The lowest BCUT2D eigenvalue weighted by atomic mass is 10.2. The van der Waals surface area contributed by atoms with Crippen molar-refractivity contribution >= 4 is 23.2 Å². The molecular formula is C19H17N5O3. The molecule has 1 amide bonds. The van der Waals surface area contributed by atoms with E-state index in [1.54, 1.807) is 29.1 Å². The molecule has 8 heteroatoms. The van der Waals surface area contributed by atoms with Gasteiger partial charge in [0, 0.05) is 0 Å². The smallest absolute Gasteiger partial charge is 0.260 e. The zero-order chi connectivity index (χ0) is 19.1. The van der Waals surface area contributed by atoms with Gasteiger partial charge >= 0.3 is 0 Å². The molecule has 0 saturated carbocycles. The fourth-order valence-corrected chi connectivity index (χ4v) is 2.50. The third-order valence-corrected chi connectivity index (χ3v) is 3.72. The summed E-state index contributed by atoms with van der Waals surface area (Å²) in [5.41, 5.74) is 4.92. The highest BCUT2D eigenvalue weighted by Crippen LogP contribution is 2.27. The maximum atomic E-state index is 12.1. The molecule has 0 fully saturated rings. The molecule has 27 heavy (non-hydrogen) atoms. The monoisotopic (exact) mass is 363 g/mol. The van der Waals surface area contributed by atoms with Crippen LogP contribution in [0.15, 0.2) is 53.9 Å². The van der Waals surface area contributed by atoms with Crippen LogP contribution in [-0.2, 0) is 11.3 Å². The van der Waals surface area contributed by atoms with Crippen molar-refractivity contribution < 1.29 is 14.3 Å². The number of nitrogens with zero attached hydrogens (tertiary/aromatic N) is 4. The fraction of sp³-hybridized carbons (Fsp3) is 0.158.